The van der Waals surface area contributed by atoms with E-state index in [2.05, 4.69) is 16.8 Å². The smallest absolute Gasteiger partial charge is 0.0110 e. The van der Waals surface area contributed by atoms with Crippen LogP contribution in [0.1, 0.15) is 5.56 Å². The highest BCUT2D eigenvalue weighted by Crippen LogP contribution is 2.06. The van der Waals surface area contributed by atoms with E-state index in [4.69, 9.17) is 5.73 Å². The molecule has 0 spiro atoms. The average molecular weight is 139 g/mol. The van der Waals surface area contributed by atoms with Crippen molar-refractivity contribution in [2.45, 2.75) is 0 Å². The van der Waals surface area contributed by atoms with Crippen LogP contribution in [0.3, 0.4) is 0 Å². The Kier molecular flexibility index (Phi) is 2.48. The lowest BCUT2D eigenvalue weighted by Crippen LogP contribution is -1.91. The van der Waals surface area contributed by atoms with Gasteiger partial charge < -0.3 is 5.73 Å². The molecule has 0 aliphatic carbocycles. The molecule has 0 amide bonds. The van der Waals surface area contributed by atoms with Crippen molar-refractivity contribution in [3.8, 4) is 0 Å². The van der Waals surface area contributed by atoms with Crippen LogP contribution < -0.4 is 5.73 Å². The van der Waals surface area contributed by atoms with E-state index in [-0.39, 0.29) is 0 Å². The Bertz CT molecular complexity index is 177. The molecule has 48 valence electrons. The number of thiophene rings is 1. The van der Waals surface area contributed by atoms with Gasteiger partial charge in [0.05, 0.1) is 0 Å². The van der Waals surface area contributed by atoms with Crippen LogP contribution in [0.25, 0.3) is 6.08 Å². The Balaban J connectivity index is 2.57. The van der Waals surface area contributed by atoms with E-state index in [1.165, 1.54) is 5.56 Å². The molecular weight excluding hydrogens is 130 g/mol. The molecule has 0 unspecified atom stereocenters. The van der Waals surface area contributed by atoms with Crippen molar-refractivity contribution in [2.24, 2.45) is 5.73 Å². The van der Waals surface area contributed by atoms with Crippen LogP contribution in [0.15, 0.2) is 22.9 Å². The molecule has 9 heavy (non-hydrogen) atoms. The molecule has 2 N–H and O–H groups in total. The molecule has 1 rings (SSSR count). The molecule has 0 atom stereocenters. The zero-order valence-corrected chi connectivity index (χ0v) is 5.90. The second-order valence-corrected chi connectivity index (χ2v) is 2.47. The van der Waals surface area contributed by atoms with Crippen molar-refractivity contribution >= 4 is 17.4 Å². The van der Waals surface area contributed by atoms with E-state index < -0.39 is 0 Å². The van der Waals surface area contributed by atoms with Crippen molar-refractivity contribution in [3.63, 3.8) is 0 Å². The Morgan fingerprint density at radius 1 is 1.67 bits per heavy atom. The van der Waals surface area contributed by atoms with Crippen molar-refractivity contribution in [2.75, 3.05) is 6.54 Å². The van der Waals surface area contributed by atoms with Crippen molar-refractivity contribution in [3.05, 3.63) is 28.5 Å². The van der Waals surface area contributed by atoms with Gasteiger partial charge in [-0.3, -0.25) is 0 Å². The third-order valence-corrected chi connectivity index (χ3v) is 1.69. The van der Waals surface area contributed by atoms with Crippen molar-refractivity contribution < 1.29 is 0 Å². The highest BCUT2D eigenvalue weighted by Gasteiger charge is 1.81. The molecule has 0 saturated heterocycles. The molecule has 0 radical (unpaired) electrons. The van der Waals surface area contributed by atoms with E-state index >= 15 is 0 Å². The number of rotatable bonds is 2. The normalized spacial score (nSPS) is 10.8. The molecule has 0 fully saturated rings. The highest BCUT2D eigenvalue weighted by molar-refractivity contribution is 7.08. The minimum absolute atomic E-state index is 0.621. The fourth-order valence-corrected chi connectivity index (χ4v) is 1.20. The maximum atomic E-state index is 5.26. The van der Waals surface area contributed by atoms with Gasteiger partial charge in [-0.15, -0.1) is 0 Å². The van der Waals surface area contributed by atoms with Gasteiger partial charge in [0, 0.05) is 6.54 Å². The summed E-state index contributed by atoms with van der Waals surface area (Å²) in [5.41, 5.74) is 6.50. The Labute approximate surface area is 58.8 Å². The molecule has 1 nitrogen and oxygen atoms in total. The Morgan fingerprint density at radius 2 is 2.56 bits per heavy atom. The standard InChI is InChI=1S/C7H9NS/c8-4-1-2-7-3-5-9-6-7/h1-3,5-6H,4,8H2/b2-1+. The molecule has 1 aromatic heterocycles. The molecule has 1 heterocycles. The van der Waals surface area contributed by atoms with E-state index in [9.17, 15) is 0 Å². The summed E-state index contributed by atoms with van der Waals surface area (Å²) in [7, 11) is 0. The quantitative estimate of drug-likeness (QED) is 0.663. The summed E-state index contributed by atoms with van der Waals surface area (Å²) in [5, 5.41) is 4.14. The largest absolute Gasteiger partial charge is 0.327 e. The van der Waals surface area contributed by atoms with Gasteiger partial charge in [-0.05, 0) is 22.4 Å². The fourth-order valence-electron chi connectivity index (χ4n) is 0.574. The van der Waals surface area contributed by atoms with Gasteiger partial charge in [0.2, 0.25) is 0 Å². The number of nitrogens with two attached hydrogens (primary N) is 1. The first-order chi connectivity index (χ1) is 4.43. The van der Waals surface area contributed by atoms with Crippen LogP contribution in [0.4, 0.5) is 0 Å². The predicted octanol–water partition coefficient (Wildman–Crippen LogP) is 1.72. The first-order valence-electron chi connectivity index (χ1n) is 2.82. The first-order valence-corrected chi connectivity index (χ1v) is 3.76. The summed E-state index contributed by atoms with van der Waals surface area (Å²) in [6.45, 7) is 0.621. The van der Waals surface area contributed by atoms with E-state index in [0.29, 0.717) is 6.54 Å². The second kappa shape index (κ2) is 3.43. The minimum atomic E-state index is 0.621. The van der Waals surface area contributed by atoms with Crippen LogP contribution in [0, 0.1) is 0 Å². The fraction of sp³-hybridized carbons (Fsp3) is 0.143. The minimum Gasteiger partial charge on any atom is -0.327 e. The van der Waals surface area contributed by atoms with Crippen LogP contribution in [-0.2, 0) is 0 Å². The van der Waals surface area contributed by atoms with Crippen molar-refractivity contribution in [1.82, 2.24) is 0 Å². The van der Waals surface area contributed by atoms with Crippen molar-refractivity contribution in [1.29, 1.82) is 0 Å². The van der Waals surface area contributed by atoms with Gasteiger partial charge in [0.25, 0.3) is 0 Å². The third kappa shape index (κ3) is 2.00. The molecule has 1 aromatic rings. The zero-order valence-electron chi connectivity index (χ0n) is 5.08. The van der Waals surface area contributed by atoms with Gasteiger partial charge in [-0.25, -0.2) is 0 Å². The topological polar surface area (TPSA) is 26.0 Å². The average Bonchev–Trinajstić information content (AvgIpc) is 2.34. The zero-order chi connectivity index (χ0) is 6.53. The summed E-state index contributed by atoms with van der Waals surface area (Å²) < 4.78 is 0. The second-order valence-electron chi connectivity index (χ2n) is 1.69. The summed E-state index contributed by atoms with van der Waals surface area (Å²) in [5.74, 6) is 0. The van der Waals surface area contributed by atoms with E-state index in [1.54, 1.807) is 11.3 Å². The lowest BCUT2D eigenvalue weighted by Gasteiger charge is -1.79. The lowest BCUT2D eigenvalue weighted by molar-refractivity contribution is 1.26. The number of hydrogen-bond donors (Lipinski definition) is 1. The Hall–Kier alpha value is -0.600. The molecule has 0 aliphatic rings. The number of hydrogen-bond acceptors (Lipinski definition) is 2. The van der Waals surface area contributed by atoms with Gasteiger partial charge in [0.15, 0.2) is 0 Å². The summed E-state index contributed by atoms with van der Waals surface area (Å²) in [6, 6.07) is 2.07. The van der Waals surface area contributed by atoms with E-state index in [1.807, 2.05) is 12.2 Å². The van der Waals surface area contributed by atoms with Crippen LogP contribution >= 0.6 is 11.3 Å². The maximum Gasteiger partial charge on any atom is 0.0110 e. The maximum absolute atomic E-state index is 5.26. The molecule has 0 aromatic carbocycles. The van der Waals surface area contributed by atoms with Crippen LogP contribution in [0.5, 0.6) is 0 Å². The summed E-state index contributed by atoms with van der Waals surface area (Å²) in [4.78, 5) is 0. The first kappa shape index (κ1) is 6.52. The molecule has 2 heteroatoms. The molecule has 0 saturated carbocycles. The lowest BCUT2D eigenvalue weighted by atomic mass is 10.3. The van der Waals surface area contributed by atoms with E-state index in [0.717, 1.165) is 0 Å². The van der Waals surface area contributed by atoms with Crippen LogP contribution in [-0.4, -0.2) is 6.54 Å². The Morgan fingerprint density at radius 3 is 3.11 bits per heavy atom. The SMILES string of the molecule is NC/C=C/c1ccsc1. The van der Waals surface area contributed by atoms with Gasteiger partial charge >= 0.3 is 0 Å². The molecule has 0 aliphatic heterocycles. The molecule has 0 bridgehead atoms. The molecular formula is C7H9NS. The monoisotopic (exact) mass is 139 g/mol. The van der Waals surface area contributed by atoms with Gasteiger partial charge in [-0.2, -0.15) is 11.3 Å². The third-order valence-electron chi connectivity index (χ3n) is 0.990. The predicted molar refractivity (Wildman–Crippen MR) is 42.4 cm³/mol. The van der Waals surface area contributed by atoms with Crippen LogP contribution in [0.2, 0.25) is 0 Å². The highest BCUT2D eigenvalue weighted by atomic mass is 32.1. The summed E-state index contributed by atoms with van der Waals surface area (Å²) >= 11 is 1.70. The van der Waals surface area contributed by atoms with Gasteiger partial charge in [0.1, 0.15) is 0 Å². The van der Waals surface area contributed by atoms with Gasteiger partial charge in [-0.1, -0.05) is 12.2 Å². The summed E-state index contributed by atoms with van der Waals surface area (Å²) in [6.07, 6.45) is 3.97.